The molecule has 0 aliphatic carbocycles. The second-order valence-electron chi connectivity index (χ2n) is 5.88. The number of nitriles is 1. The lowest BCUT2D eigenvalue weighted by Crippen LogP contribution is -2.35. The fourth-order valence-corrected chi connectivity index (χ4v) is 2.78. The standard InChI is InChI=1S/C17H20N4O2/c1-13-20-16(12-22-13)10-21-6-3-14(4-7-21)11-23-17-8-15(9-18)2-5-19-17/h2,5,8,12,14H,3-4,6-7,10-11H2,1H3. The Morgan fingerprint density at radius 2 is 2.26 bits per heavy atom. The van der Waals surface area contributed by atoms with Crippen molar-refractivity contribution in [2.75, 3.05) is 19.7 Å². The number of hydrogen-bond donors (Lipinski definition) is 0. The molecule has 0 amide bonds. The van der Waals surface area contributed by atoms with Crippen molar-refractivity contribution in [2.24, 2.45) is 5.92 Å². The van der Waals surface area contributed by atoms with E-state index in [1.807, 2.05) is 6.92 Å². The summed E-state index contributed by atoms with van der Waals surface area (Å²) >= 11 is 0. The second kappa shape index (κ2) is 7.25. The van der Waals surface area contributed by atoms with Crippen LogP contribution in [0.5, 0.6) is 5.88 Å². The Bertz CT molecular complexity index is 684. The van der Waals surface area contributed by atoms with Crippen molar-refractivity contribution in [1.29, 1.82) is 5.26 Å². The molecule has 2 aromatic rings. The lowest BCUT2D eigenvalue weighted by atomic mass is 9.98. The van der Waals surface area contributed by atoms with Crippen LogP contribution in [0.25, 0.3) is 0 Å². The first-order valence-corrected chi connectivity index (χ1v) is 7.85. The summed E-state index contributed by atoms with van der Waals surface area (Å²) in [4.78, 5) is 10.9. The van der Waals surface area contributed by atoms with Gasteiger partial charge in [0.2, 0.25) is 5.88 Å². The third kappa shape index (κ3) is 4.30. The molecule has 0 aromatic carbocycles. The van der Waals surface area contributed by atoms with Crippen LogP contribution in [0.2, 0.25) is 0 Å². The Hall–Kier alpha value is -2.39. The Labute approximate surface area is 135 Å². The van der Waals surface area contributed by atoms with Crippen LogP contribution in [0.15, 0.2) is 29.0 Å². The summed E-state index contributed by atoms with van der Waals surface area (Å²) < 4.78 is 11.0. The van der Waals surface area contributed by atoms with Gasteiger partial charge in [0.05, 0.1) is 23.9 Å². The average Bonchev–Trinajstić information content (AvgIpc) is 2.99. The van der Waals surface area contributed by atoms with Crippen molar-refractivity contribution in [3.8, 4) is 11.9 Å². The number of rotatable bonds is 5. The molecule has 0 atom stereocenters. The van der Waals surface area contributed by atoms with Gasteiger partial charge in [-0.1, -0.05) is 0 Å². The van der Waals surface area contributed by atoms with E-state index < -0.39 is 0 Å². The Kier molecular flexibility index (Phi) is 4.89. The first-order chi connectivity index (χ1) is 11.2. The highest BCUT2D eigenvalue weighted by molar-refractivity contribution is 5.31. The van der Waals surface area contributed by atoms with Gasteiger partial charge in [-0.25, -0.2) is 9.97 Å². The number of ether oxygens (including phenoxy) is 1. The maximum atomic E-state index is 8.88. The van der Waals surface area contributed by atoms with E-state index >= 15 is 0 Å². The van der Waals surface area contributed by atoms with Crippen LogP contribution in [0, 0.1) is 24.2 Å². The van der Waals surface area contributed by atoms with Crippen LogP contribution in [0.4, 0.5) is 0 Å². The molecule has 1 fully saturated rings. The minimum Gasteiger partial charge on any atom is -0.477 e. The number of likely N-dealkylation sites (tertiary alicyclic amines) is 1. The Morgan fingerprint density at radius 1 is 1.43 bits per heavy atom. The highest BCUT2D eigenvalue weighted by atomic mass is 16.5. The molecule has 1 aliphatic heterocycles. The van der Waals surface area contributed by atoms with Crippen LogP contribution in [0.1, 0.15) is 30.0 Å². The van der Waals surface area contributed by atoms with Gasteiger partial charge in [0, 0.05) is 25.7 Å². The van der Waals surface area contributed by atoms with Crippen LogP contribution in [-0.4, -0.2) is 34.6 Å². The molecule has 120 valence electrons. The zero-order valence-electron chi connectivity index (χ0n) is 13.2. The van der Waals surface area contributed by atoms with Crippen molar-refractivity contribution < 1.29 is 9.15 Å². The number of pyridine rings is 1. The molecule has 0 saturated carbocycles. The predicted molar refractivity (Wildman–Crippen MR) is 83.7 cm³/mol. The molecule has 0 unspecified atom stereocenters. The van der Waals surface area contributed by atoms with E-state index in [1.54, 1.807) is 24.6 Å². The largest absolute Gasteiger partial charge is 0.477 e. The molecule has 3 heterocycles. The van der Waals surface area contributed by atoms with Crippen LogP contribution >= 0.6 is 0 Å². The maximum absolute atomic E-state index is 8.88. The van der Waals surface area contributed by atoms with Crippen molar-refractivity contribution in [2.45, 2.75) is 26.3 Å². The number of piperidine rings is 1. The van der Waals surface area contributed by atoms with E-state index in [-0.39, 0.29) is 0 Å². The Balaban J connectivity index is 1.43. The molecule has 0 N–H and O–H groups in total. The summed E-state index contributed by atoms with van der Waals surface area (Å²) in [5.74, 6) is 1.78. The van der Waals surface area contributed by atoms with E-state index in [1.165, 1.54) is 0 Å². The summed E-state index contributed by atoms with van der Waals surface area (Å²) in [6.45, 7) is 5.43. The molecule has 6 heteroatoms. The molecule has 2 aromatic heterocycles. The molecule has 0 bridgehead atoms. The van der Waals surface area contributed by atoms with Gasteiger partial charge in [0.15, 0.2) is 5.89 Å². The lowest BCUT2D eigenvalue weighted by Gasteiger charge is -2.31. The summed E-state index contributed by atoms with van der Waals surface area (Å²) in [6, 6.07) is 5.46. The quantitative estimate of drug-likeness (QED) is 0.844. The number of oxazole rings is 1. The minimum absolute atomic E-state index is 0.526. The average molecular weight is 312 g/mol. The molecule has 1 saturated heterocycles. The smallest absolute Gasteiger partial charge is 0.214 e. The first-order valence-electron chi connectivity index (χ1n) is 7.85. The lowest BCUT2D eigenvalue weighted by molar-refractivity contribution is 0.133. The van der Waals surface area contributed by atoms with Crippen LogP contribution in [0.3, 0.4) is 0 Å². The third-order valence-corrected chi connectivity index (χ3v) is 4.09. The molecular weight excluding hydrogens is 292 g/mol. The molecule has 0 spiro atoms. The van der Waals surface area contributed by atoms with Gasteiger partial charge in [0.1, 0.15) is 6.26 Å². The van der Waals surface area contributed by atoms with Crippen molar-refractivity contribution in [3.05, 3.63) is 41.7 Å². The van der Waals surface area contributed by atoms with Crippen LogP contribution in [-0.2, 0) is 6.54 Å². The topological polar surface area (TPSA) is 75.2 Å². The van der Waals surface area contributed by atoms with Gasteiger partial charge < -0.3 is 9.15 Å². The molecule has 3 rings (SSSR count). The maximum Gasteiger partial charge on any atom is 0.214 e. The predicted octanol–water partition coefficient (Wildman–Crippen LogP) is 2.54. The number of hydrogen-bond acceptors (Lipinski definition) is 6. The fraction of sp³-hybridized carbons (Fsp3) is 0.471. The van der Waals surface area contributed by atoms with Gasteiger partial charge in [-0.15, -0.1) is 0 Å². The zero-order valence-corrected chi connectivity index (χ0v) is 13.2. The Morgan fingerprint density at radius 3 is 2.96 bits per heavy atom. The van der Waals surface area contributed by atoms with Gasteiger partial charge in [-0.3, -0.25) is 4.90 Å². The summed E-state index contributed by atoms with van der Waals surface area (Å²) in [5, 5.41) is 8.88. The monoisotopic (exact) mass is 312 g/mol. The summed E-state index contributed by atoms with van der Waals surface area (Å²) in [5.41, 5.74) is 1.57. The molecule has 6 nitrogen and oxygen atoms in total. The van der Waals surface area contributed by atoms with Crippen molar-refractivity contribution >= 4 is 0 Å². The minimum atomic E-state index is 0.526. The molecule has 23 heavy (non-hydrogen) atoms. The highest BCUT2D eigenvalue weighted by Gasteiger charge is 2.20. The summed E-state index contributed by atoms with van der Waals surface area (Å²) in [7, 11) is 0. The molecular formula is C17H20N4O2. The third-order valence-electron chi connectivity index (χ3n) is 4.09. The van der Waals surface area contributed by atoms with Gasteiger partial charge in [-0.05, 0) is 37.9 Å². The van der Waals surface area contributed by atoms with E-state index in [2.05, 4.69) is 20.9 Å². The highest BCUT2D eigenvalue weighted by Crippen LogP contribution is 2.20. The van der Waals surface area contributed by atoms with E-state index in [0.717, 1.165) is 44.1 Å². The first kappa shape index (κ1) is 15.5. The zero-order chi connectivity index (χ0) is 16.1. The van der Waals surface area contributed by atoms with E-state index in [9.17, 15) is 0 Å². The van der Waals surface area contributed by atoms with Gasteiger partial charge in [0.25, 0.3) is 0 Å². The van der Waals surface area contributed by atoms with Crippen molar-refractivity contribution in [3.63, 3.8) is 0 Å². The van der Waals surface area contributed by atoms with Crippen molar-refractivity contribution in [1.82, 2.24) is 14.9 Å². The normalized spacial score (nSPS) is 16.2. The number of aromatic nitrogens is 2. The second-order valence-corrected chi connectivity index (χ2v) is 5.88. The van der Waals surface area contributed by atoms with E-state index in [0.29, 0.717) is 24.0 Å². The SMILES string of the molecule is Cc1nc(CN2CCC(COc3cc(C#N)ccn3)CC2)co1. The van der Waals surface area contributed by atoms with Gasteiger partial charge in [-0.2, -0.15) is 5.26 Å². The van der Waals surface area contributed by atoms with E-state index in [4.69, 9.17) is 14.4 Å². The fourth-order valence-electron chi connectivity index (χ4n) is 2.78. The number of nitrogens with zero attached hydrogens (tertiary/aromatic N) is 4. The number of aryl methyl sites for hydroxylation is 1. The van der Waals surface area contributed by atoms with Gasteiger partial charge >= 0.3 is 0 Å². The molecule has 0 radical (unpaired) electrons. The van der Waals surface area contributed by atoms with Crippen LogP contribution < -0.4 is 4.74 Å². The summed E-state index contributed by atoms with van der Waals surface area (Å²) in [6.07, 6.45) is 5.53. The molecule has 1 aliphatic rings.